The maximum atomic E-state index is 11.7. The van der Waals surface area contributed by atoms with Crippen molar-refractivity contribution >= 4 is 9.84 Å². The monoisotopic (exact) mass is 263 g/mol. The molecule has 5 heteroatoms. The number of rotatable bonds is 6. The Hall–Kier alpha value is -0.130. The molecule has 0 radical (unpaired) electrons. The second-order valence-electron chi connectivity index (χ2n) is 5.11. The van der Waals surface area contributed by atoms with Gasteiger partial charge in [-0.05, 0) is 19.3 Å². The lowest BCUT2D eigenvalue weighted by atomic mass is 9.94. The van der Waals surface area contributed by atoms with Crippen LogP contribution in [0.4, 0.5) is 0 Å². The molecule has 0 aromatic carbocycles. The van der Waals surface area contributed by atoms with Crippen molar-refractivity contribution in [2.75, 3.05) is 12.8 Å². The Labute approximate surface area is 105 Å². The Bertz CT molecular complexity index is 316. The average molecular weight is 263 g/mol. The zero-order valence-corrected chi connectivity index (χ0v) is 11.7. The van der Waals surface area contributed by atoms with Gasteiger partial charge in [-0.2, -0.15) is 0 Å². The van der Waals surface area contributed by atoms with Gasteiger partial charge in [-0.1, -0.05) is 26.2 Å². The van der Waals surface area contributed by atoms with E-state index in [1.807, 2.05) is 6.92 Å². The van der Waals surface area contributed by atoms with E-state index in [4.69, 9.17) is 0 Å². The smallest absolute Gasteiger partial charge is 0.151 e. The molecule has 0 spiro atoms. The van der Waals surface area contributed by atoms with Crippen molar-refractivity contribution < 1.29 is 13.5 Å². The van der Waals surface area contributed by atoms with Crippen molar-refractivity contribution in [3.63, 3.8) is 0 Å². The fourth-order valence-corrected chi connectivity index (χ4v) is 3.99. The highest BCUT2D eigenvalue weighted by molar-refractivity contribution is 7.91. The maximum absolute atomic E-state index is 11.7. The molecule has 3 atom stereocenters. The van der Waals surface area contributed by atoms with Crippen LogP contribution in [0.1, 0.15) is 45.4 Å². The first kappa shape index (κ1) is 14.9. The molecule has 1 rings (SSSR count). The van der Waals surface area contributed by atoms with Crippen molar-refractivity contribution in [1.82, 2.24) is 5.32 Å². The fourth-order valence-electron chi connectivity index (χ4n) is 2.57. The topological polar surface area (TPSA) is 66.4 Å². The molecule has 1 aliphatic rings. The molecule has 0 bridgehead atoms. The molecule has 2 N–H and O–H groups in total. The highest BCUT2D eigenvalue weighted by Gasteiger charge is 2.32. The van der Waals surface area contributed by atoms with Crippen LogP contribution in [0.5, 0.6) is 0 Å². The Morgan fingerprint density at radius 3 is 2.59 bits per heavy atom. The Balaban J connectivity index is 2.49. The molecular weight excluding hydrogens is 238 g/mol. The predicted octanol–water partition coefficient (Wildman–Crippen LogP) is 1.09. The van der Waals surface area contributed by atoms with Crippen LogP contribution in [0.2, 0.25) is 0 Å². The van der Waals surface area contributed by atoms with Gasteiger partial charge in [0.15, 0.2) is 9.84 Å². The van der Waals surface area contributed by atoms with Crippen molar-refractivity contribution in [1.29, 1.82) is 0 Å². The molecule has 17 heavy (non-hydrogen) atoms. The van der Waals surface area contributed by atoms with E-state index in [1.165, 1.54) is 6.26 Å². The van der Waals surface area contributed by atoms with Gasteiger partial charge >= 0.3 is 0 Å². The summed E-state index contributed by atoms with van der Waals surface area (Å²) in [6, 6.07) is 0.0188. The zero-order valence-electron chi connectivity index (χ0n) is 10.9. The Morgan fingerprint density at radius 1 is 1.35 bits per heavy atom. The molecule has 1 aliphatic carbocycles. The molecule has 1 fully saturated rings. The molecule has 0 aromatic heterocycles. The highest BCUT2D eigenvalue weighted by atomic mass is 32.2. The average Bonchev–Trinajstić information content (AvgIpc) is 2.26. The molecule has 0 aromatic rings. The molecule has 0 saturated heterocycles. The number of aliphatic hydroxyl groups is 1. The number of hydrogen-bond acceptors (Lipinski definition) is 4. The molecule has 0 heterocycles. The predicted molar refractivity (Wildman–Crippen MR) is 69.8 cm³/mol. The van der Waals surface area contributed by atoms with Gasteiger partial charge in [0.1, 0.15) is 0 Å². The lowest BCUT2D eigenvalue weighted by Gasteiger charge is -2.31. The molecular formula is C12H25NO3S. The summed E-state index contributed by atoms with van der Waals surface area (Å²) >= 11 is 0. The third kappa shape index (κ3) is 4.94. The Kier molecular flexibility index (Phi) is 5.89. The SMILES string of the molecule is CCCC(O)CNC1CCCCC1S(C)(=O)=O. The van der Waals surface area contributed by atoms with Gasteiger partial charge in [0.25, 0.3) is 0 Å². The van der Waals surface area contributed by atoms with Crippen molar-refractivity contribution in [3.05, 3.63) is 0 Å². The number of aliphatic hydroxyl groups excluding tert-OH is 1. The van der Waals surface area contributed by atoms with Gasteiger partial charge in [-0.3, -0.25) is 0 Å². The minimum Gasteiger partial charge on any atom is -0.392 e. The largest absolute Gasteiger partial charge is 0.392 e. The van der Waals surface area contributed by atoms with Crippen LogP contribution in [0, 0.1) is 0 Å². The molecule has 102 valence electrons. The minimum atomic E-state index is -2.98. The second kappa shape index (κ2) is 6.71. The number of sulfone groups is 1. The first-order valence-electron chi connectivity index (χ1n) is 6.55. The molecule has 0 aliphatic heterocycles. The Morgan fingerprint density at radius 2 is 2.00 bits per heavy atom. The number of nitrogens with one attached hydrogen (secondary N) is 1. The van der Waals surface area contributed by atoms with Gasteiger partial charge in [-0.25, -0.2) is 8.42 Å². The summed E-state index contributed by atoms with van der Waals surface area (Å²) in [5, 5.41) is 12.6. The summed E-state index contributed by atoms with van der Waals surface area (Å²) in [5.74, 6) is 0. The maximum Gasteiger partial charge on any atom is 0.151 e. The van der Waals surface area contributed by atoms with Crippen LogP contribution in [0.25, 0.3) is 0 Å². The van der Waals surface area contributed by atoms with Crippen LogP contribution >= 0.6 is 0 Å². The summed E-state index contributed by atoms with van der Waals surface area (Å²) in [6.45, 7) is 2.54. The minimum absolute atomic E-state index is 0.0188. The summed E-state index contributed by atoms with van der Waals surface area (Å²) < 4.78 is 23.3. The van der Waals surface area contributed by atoms with Gasteiger partial charge in [0.2, 0.25) is 0 Å². The van der Waals surface area contributed by atoms with Crippen LogP contribution in [-0.4, -0.2) is 43.7 Å². The van der Waals surface area contributed by atoms with Gasteiger partial charge in [0.05, 0.1) is 11.4 Å². The standard InChI is InChI=1S/C12H25NO3S/c1-3-6-10(14)9-13-11-7-4-5-8-12(11)17(2,15)16/h10-14H,3-9H2,1-2H3. The van der Waals surface area contributed by atoms with Gasteiger partial charge in [0, 0.05) is 18.8 Å². The van der Waals surface area contributed by atoms with E-state index in [0.717, 1.165) is 38.5 Å². The van der Waals surface area contributed by atoms with Crippen LogP contribution in [0.3, 0.4) is 0 Å². The highest BCUT2D eigenvalue weighted by Crippen LogP contribution is 2.24. The van der Waals surface area contributed by atoms with Crippen LogP contribution in [-0.2, 0) is 9.84 Å². The molecule has 0 amide bonds. The lowest BCUT2D eigenvalue weighted by Crippen LogP contribution is -2.48. The van der Waals surface area contributed by atoms with Gasteiger partial charge < -0.3 is 10.4 Å². The molecule has 3 unspecified atom stereocenters. The molecule has 4 nitrogen and oxygen atoms in total. The fraction of sp³-hybridized carbons (Fsp3) is 1.00. The lowest BCUT2D eigenvalue weighted by molar-refractivity contribution is 0.153. The first-order chi connectivity index (χ1) is 7.95. The molecule has 1 saturated carbocycles. The van der Waals surface area contributed by atoms with E-state index in [1.54, 1.807) is 0 Å². The summed E-state index contributed by atoms with van der Waals surface area (Å²) in [5.41, 5.74) is 0. The summed E-state index contributed by atoms with van der Waals surface area (Å²) in [4.78, 5) is 0. The quantitative estimate of drug-likeness (QED) is 0.753. The first-order valence-corrected chi connectivity index (χ1v) is 8.51. The zero-order chi connectivity index (χ0) is 12.9. The van der Waals surface area contributed by atoms with E-state index in [2.05, 4.69) is 5.32 Å². The third-order valence-corrected chi connectivity index (χ3v) is 5.15. The van der Waals surface area contributed by atoms with Crippen LogP contribution in [0.15, 0.2) is 0 Å². The number of hydrogen-bond donors (Lipinski definition) is 2. The van der Waals surface area contributed by atoms with E-state index < -0.39 is 9.84 Å². The third-order valence-electron chi connectivity index (χ3n) is 3.49. The van der Waals surface area contributed by atoms with E-state index in [-0.39, 0.29) is 17.4 Å². The summed E-state index contributed by atoms with van der Waals surface area (Å²) in [7, 11) is -2.98. The van der Waals surface area contributed by atoms with E-state index in [0.29, 0.717) is 6.54 Å². The van der Waals surface area contributed by atoms with E-state index in [9.17, 15) is 13.5 Å². The summed E-state index contributed by atoms with van der Waals surface area (Å²) in [6.07, 6.45) is 6.40. The van der Waals surface area contributed by atoms with E-state index >= 15 is 0 Å². The normalized spacial score (nSPS) is 27.9. The van der Waals surface area contributed by atoms with Crippen molar-refractivity contribution in [2.24, 2.45) is 0 Å². The van der Waals surface area contributed by atoms with Crippen molar-refractivity contribution in [3.8, 4) is 0 Å². The van der Waals surface area contributed by atoms with Gasteiger partial charge in [-0.15, -0.1) is 0 Å². The van der Waals surface area contributed by atoms with Crippen molar-refractivity contribution in [2.45, 2.75) is 62.8 Å². The van der Waals surface area contributed by atoms with Crippen LogP contribution < -0.4 is 5.32 Å². The second-order valence-corrected chi connectivity index (χ2v) is 7.37.